The number of fused-ring (bicyclic) bond motifs is 3. The van der Waals surface area contributed by atoms with Crippen LogP contribution in [0.1, 0.15) is 59.9 Å². The lowest BCUT2D eigenvalue weighted by molar-refractivity contribution is 0.0684. The topological polar surface area (TPSA) is 110 Å². The molecule has 0 radical (unpaired) electrons. The van der Waals surface area contributed by atoms with Crippen LogP contribution in [0.5, 0.6) is 0 Å². The number of halogens is 3. The molecule has 0 unspecified atom stereocenters. The summed E-state index contributed by atoms with van der Waals surface area (Å²) >= 11 is 2.26. The van der Waals surface area contributed by atoms with Crippen molar-refractivity contribution in [3.63, 3.8) is 0 Å². The van der Waals surface area contributed by atoms with Gasteiger partial charge in [0.25, 0.3) is 5.91 Å². The lowest BCUT2D eigenvalue weighted by Gasteiger charge is -2.36. The zero-order valence-corrected chi connectivity index (χ0v) is 22.1. The number of amides is 1. The minimum atomic E-state index is -1.00. The third-order valence-electron chi connectivity index (χ3n) is 6.60. The first-order valence-electron chi connectivity index (χ1n) is 11.5. The fourth-order valence-corrected chi connectivity index (χ4v) is 5.69. The Morgan fingerprint density at radius 2 is 1.94 bits per heavy atom. The van der Waals surface area contributed by atoms with Crippen molar-refractivity contribution in [2.24, 2.45) is 0 Å². The maximum atomic E-state index is 14.3. The molecular weight excluding hydrogens is 581 g/mol. The molecule has 2 aromatic heterocycles. The van der Waals surface area contributed by atoms with Crippen molar-refractivity contribution in [3.8, 4) is 0 Å². The zero-order valence-electron chi connectivity index (χ0n) is 20.0. The van der Waals surface area contributed by atoms with Crippen molar-refractivity contribution < 1.29 is 18.7 Å². The van der Waals surface area contributed by atoms with Gasteiger partial charge in [0.2, 0.25) is 5.95 Å². The molecule has 1 aliphatic rings. The lowest BCUT2D eigenvalue weighted by atomic mass is 9.92. The van der Waals surface area contributed by atoms with Crippen molar-refractivity contribution in [1.29, 1.82) is 0 Å². The first kappa shape index (κ1) is 24.8. The van der Waals surface area contributed by atoms with Crippen LogP contribution in [-0.4, -0.2) is 46.1 Å². The zero-order chi connectivity index (χ0) is 25.9. The maximum Gasteiger partial charge on any atom is 0.254 e. The van der Waals surface area contributed by atoms with Crippen molar-refractivity contribution in [3.05, 3.63) is 64.5 Å². The second-order valence-electron chi connectivity index (χ2n) is 9.71. The molecule has 0 bridgehead atoms. The third-order valence-corrected chi connectivity index (χ3v) is 7.90. The number of anilines is 1. The summed E-state index contributed by atoms with van der Waals surface area (Å²) in [6.45, 7) is 5.68. The summed E-state index contributed by atoms with van der Waals surface area (Å²) in [7, 11) is 0. The molecule has 1 aliphatic heterocycles. The normalized spacial score (nSPS) is 18.8. The Balaban J connectivity index is 1.48. The number of hydrogen-bond acceptors (Lipinski definition) is 6. The number of nitrogens with two attached hydrogens (primary N) is 1. The summed E-state index contributed by atoms with van der Waals surface area (Å²) in [5.74, 6) is -1.49. The van der Waals surface area contributed by atoms with Crippen LogP contribution < -0.4 is 5.73 Å². The highest BCUT2D eigenvalue weighted by molar-refractivity contribution is 14.1. The number of nitrogen functional groups attached to an aromatic ring is 1. The molecule has 36 heavy (non-hydrogen) atoms. The number of aryl methyl sites for hydroxylation is 1. The van der Waals surface area contributed by atoms with Gasteiger partial charge in [-0.1, -0.05) is 28.7 Å². The summed E-state index contributed by atoms with van der Waals surface area (Å²) in [6.07, 6.45) is 1.46. The van der Waals surface area contributed by atoms with E-state index in [1.807, 2.05) is 6.92 Å². The molecule has 8 nitrogen and oxygen atoms in total. The van der Waals surface area contributed by atoms with E-state index in [-0.39, 0.29) is 38.4 Å². The molecule has 3 heterocycles. The number of nitrogens with zero attached hydrogens (tertiary/aromatic N) is 5. The molecule has 5 rings (SSSR count). The number of aliphatic hydroxyl groups is 1. The van der Waals surface area contributed by atoms with E-state index in [1.54, 1.807) is 36.9 Å². The standard InChI is InChI=1S/C25H25F2IN6O2/c1-12-8-13(4-6-17(12)25(2,3)36)23(35)33-11-14(5-7-19(33)28)21-31-22-16-9-15(26)10-18(27)20(16)30-24(29)34(22)32-21/h4,6,8-10,14,19,36H,5,7,11H2,1-3H3,(H2,29,30)/t14-,19-/m1/s1. The summed E-state index contributed by atoms with van der Waals surface area (Å²) in [4.78, 5) is 23.9. The minimum absolute atomic E-state index is 0.0200. The van der Waals surface area contributed by atoms with Gasteiger partial charge in [-0.15, -0.1) is 5.10 Å². The van der Waals surface area contributed by atoms with Crippen molar-refractivity contribution >= 4 is 51.0 Å². The summed E-state index contributed by atoms with van der Waals surface area (Å²) in [6, 6.07) is 7.24. The van der Waals surface area contributed by atoms with Crippen molar-refractivity contribution in [2.75, 3.05) is 12.3 Å². The van der Waals surface area contributed by atoms with Crippen LogP contribution >= 0.6 is 22.6 Å². The smallest absolute Gasteiger partial charge is 0.254 e. The largest absolute Gasteiger partial charge is 0.386 e. The number of piperidine rings is 1. The molecule has 4 aromatic rings. The van der Waals surface area contributed by atoms with E-state index < -0.39 is 17.2 Å². The van der Waals surface area contributed by atoms with E-state index in [2.05, 4.69) is 37.7 Å². The monoisotopic (exact) mass is 606 g/mol. The second-order valence-corrected chi connectivity index (χ2v) is 11.2. The van der Waals surface area contributed by atoms with E-state index in [1.165, 1.54) is 4.52 Å². The Morgan fingerprint density at radius 3 is 2.64 bits per heavy atom. The number of carbonyl (C=O) groups excluding carboxylic acids is 1. The molecule has 1 fully saturated rings. The molecule has 3 N–H and O–H groups in total. The molecule has 11 heteroatoms. The van der Waals surface area contributed by atoms with Crippen LogP contribution in [0.25, 0.3) is 16.6 Å². The van der Waals surface area contributed by atoms with Gasteiger partial charge in [-0.25, -0.2) is 18.7 Å². The van der Waals surface area contributed by atoms with Crippen molar-refractivity contribution in [1.82, 2.24) is 24.5 Å². The quantitative estimate of drug-likeness (QED) is 0.203. The van der Waals surface area contributed by atoms with Gasteiger partial charge in [-0.05, 0) is 62.9 Å². The van der Waals surface area contributed by atoms with E-state index in [0.717, 1.165) is 36.1 Å². The predicted molar refractivity (Wildman–Crippen MR) is 140 cm³/mol. The Bertz CT molecular complexity index is 1520. The number of rotatable bonds is 3. The Kier molecular flexibility index (Phi) is 6.10. The van der Waals surface area contributed by atoms with Crippen LogP contribution in [0.2, 0.25) is 0 Å². The Labute approximate surface area is 219 Å². The highest BCUT2D eigenvalue weighted by atomic mass is 127. The van der Waals surface area contributed by atoms with E-state index >= 15 is 0 Å². The van der Waals surface area contributed by atoms with Crippen LogP contribution in [0.15, 0.2) is 30.3 Å². The molecule has 0 spiro atoms. The molecule has 0 aliphatic carbocycles. The first-order chi connectivity index (χ1) is 16.9. The van der Waals surface area contributed by atoms with E-state index in [4.69, 9.17) is 5.73 Å². The van der Waals surface area contributed by atoms with Crippen LogP contribution in [0.3, 0.4) is 0 Å². The SMILES string of the molecule is Cc1cc(C(=O)N2C[C@H](c3nc4c5cc(F)cc(F)c5nc(N)n4n3)CC[C@@H]2I)ccc1C(C)(C)O. The fraction of sp³-hybridized carbons (Fsp3) is 0.360. The predicted octanol–water partition coefficient (Wildman–Crippen LogP) is 4.45. The third kappa shape index (κ3) is 4.27. The number of aromatic nitrogens is 4. The van der Waals surface area contributed by atoms with Crippen LogP contribution in [0, 0.1) is 18.6 Å². The number of hydrogen-bond donors (Lipinski definition) is 2. The second kappa shape index (κ2) is 8.87. The van der Waals surface area contributed by atoms with Gasteiger partial charge in [0.1, 0.15) is 11.3 Å². The number of carbonyl (C=O) groups is 1. The number of likely N-dealkylation sites (tertiary alicyclic amines) is 1. The number of alkyl halides is 1. The van der Waals surface area contributed by atoms with Crippen LogP contribution in [-0.2, 0) is 5.60 Å². The highest BCUT2D eigenvalue weighted by Gasteiger charge is 2.34. The van der Waals surface area contributed by atoms with E-state index in [0.29, 0.717) is 17.9 Å². The molecule has 2 atom stereocenters. The maximum absolute atomic E-state index is 14.3. The van der Waals surface area contributed by atoms with Gasteiger partial charge >= 0.3 is 0 Å². The Morgan fingerprint density at radius 1 is 1.19 bits per heavy atom. The summed E-state index contributed by atoms with van der Waals surface area (Å²) in [5.41, 5.74) is 7.29. The molecule has 1 saturated heterocycles. The Hall–Kier alpha value is -2.93. The van der Waals surface area contributed by atoms with Gasteiger partial charge in [0.15, 0.2) is 17.3 Å². The summed E-state index contributed by atoms with van der Waals surface area (Å²) < 4.78 is 29.5. The van der Waals surface area contributed by atoms with Crippen molar-refractivity contribution in [2.45, 2.75) is 49.2 Å². The van der Waals surface area contributed by atoms with Gasteiger partial charge in [-0.2, -0.15) is 4.52 Å². The lowest BCUT2D eigenvalue weighted by Crippen LogP contribution is -2.43. The molecule has 1 amide bonds. The average molecular weight is 606 g/mol. The molecule has 2 aromatic carbocycles. The van der Waals surface area contributed by atoms with Gasteiger partial charge in [0, 0.05) is 24.1 Å². The fourth-order valence-electron chi connectivity index (χ4n) is 4.85. The molecular formula is C25H25F2IN6O2. The minimum Gasteiger partial charge on any atom is -0.386 e. The van der Waals surface area contributed by atoms with Gasteiger partial charge in [-0.3, -0.25) is 4.79 Å². The van der Waals surface area contributed by atoms with Gasteiger partial charge < -0.3 is 15.7 Å². The molecule has 188 valence electrons. The molecule has 0 saturated carbocycles. The van der Waals surface area contributed by atoms with Gasteiger partial charge in [0.05, 0.1) is 15.0 Å². The highest BCUT2D eigenvalue weighted by Crippen LogP contribution is 2.34. The van der Waals surface area contributed by atoms with Crippen LogP contribution in [0.4, 0.5) is 14.7 Å². The van der Waals surface area contributed by atoms with E-state index in [9.17, 15) is 18.7 Å². The first-order valence-corrected chi connectivity index (χ1v) is 12.8. The number of benzene rings is 2. The summed E-state index contributed by atoms with van der Waals surface area (Å²) in [5, 5.41) is 15.0. The average Bonchev–Trinajstić information content (AvgIpc) is 3.25.